The second-order valence-electron chi connectivity index (χ2n) is 14.1. The summed E-state index contributed by atoms with van der Waals surface area (Å²) >= 11 is 0. The highest BCUT2D eigenvalue weighted by Crippen LogP contribution is 2.43. The maximum atomic E-state index is 12.6. The average Bonchev–Trinajstić information content (AvgIpc) is 3.17. The molecule has 1 unspecified atom stereocenters. The van der Waals surface area contributed by atoms with Crippen molar-refractivity contribution in [1.29, 1.82) is 0 Å². The van der Waals surface area contributed by atoms with Crippen LogP contribution in [0.3, 0.4) is 0 Å². The molecule has 55 heavy (non-hydrogen) atoms. The number of phosphoric acid groups is 1. The van der Waals surface area contributed by atoms with E-state index in [2.05, 4.69) is 30.9 Å². The summed E-state index contributed by atoms with van der Waals surface area (Å²) in [6.45, 7) is 3.50. The van der Waals surface area contributed by atoms with Crippen molar-refractivity contribution in [2.24, 2.45) is 5.73 Å². The predicted molar refractivity (Wildman–Crippen MR) is 222 cm³/mol. The Morgan fingerprint density at radius 3 is 1.80 bits per heavy atom. The van der Waals surface area contributed by atoms with Gasteiger partial charge in [-0.05, 0) is 38.5 Å². The molecule has 0 bridgehead atoms. The lowest BCUT2D eigenvalue weighted by atomic mass is 10.0. The van der Waals surface area contributed by atoms with Crippen LogP contribution < -0.4 is 5.73 Å². The van der Waals surface area contributed by atoms with Gasteiger partial charge in [0.1, 0.15) is 12.7 Å². The summed E-state index contributed by atoms with van der Waals surface area (Å²) in [6.07, 6.45) is 40.3. The van der Waals surface area contributed by atoms with Crippen molar-refractivity contribution in [1.82, 2.24) is 0 Å². The largest absolute Gasteiger partial charge is 0.472 e. The Morgan fingerprint density at radius 1 is 0.655 bits per heavy atom. The number of nitrogens with two attached hydrogens (primary N) is 1. The highest BCUT2D eigenvalue weighted by atomic mass is 31.2. The molecule has 0 fully saturated rings. The quantitative estimate of drug-likeness (QED) is 0.0103. The molecule has 0 aliphatic rings. The molecule has 0 aromatic rings. The minimum Gasteiger partial charge on any atom is -0.462 e. The van der Waals surface area contributed by atoms with Crippen LogP contribution in [0.5, 0.6) is 0 Å². The number of rotatable bonds is 40. The molecule has 320 valence electrons. The molecule has 0 spiro atoms. The van der Waals surface area contributed by atoms with E-state index in [0.29, 0.717) is 12.8 Å². The Morgan fingerprint density at radius 2 is 1.20 bits per heavy atom. The van der Waals surface area contributed by atoms with Gasteiger partial charge in [-0.15, -0.1) is 0 Å². The molecule has 12 heteroatoms. The summed E-state index contributed by atoms with van der Waals surface area (Å²) in [5, 5.41) is 8.99. The molecular weight excluding hydrogens is 721 g/mol. The van der Waals surface area contributed by atoms with Crippen LogP contribution in [0, 0.1) is 0 Å². The first kappa shape index (κ1) is 52.9. The van der Waals surface area contributed by atoms with Gasteiger partial charge in [0.2, 0.25) is 0 Å². The Balaban J connectivity index is 4.34. The van der Waals surface area contributed by atoms with E-state index in [4.69, 9.17) is 29.5 Å². The standard InChI is InChI=1S/C43H78NO10P/c1-3-5-7-8-9-10-11-12-13-14-17-20-23-26-30-34-42(45)50-38-41(39-52-55(48,49)51-37-36-44)53-43(46)35-31-27-24-21-18-15-16-19-22-25-29-33-40(54-47)32-28-6-4-2/h15-16,21-22,24-25,29,33,40-41,47H,3-14,17-20,23,26-28,30-32,34-39,44H2,1-2H3,(H,48,49)/t40-,41+/m0/s1. The van der Waals surface area contributed by atoms with Gasteiger partial charge >= 0.3 is 19.8 Å². The van der Waals surface area contributed by atoms with E-state index < -0.39 is 32.5 Å². The fraction of sp³-hybridized carbons (Fsp3) is 0.767. The first-order valence-electron chi connectivity index (χ1n) is 21.4. The van der Waals surface area contributed by atoms with Gasteiger partial charge in [0.25, 0.3) is 0 Å². The second kappa shape index (κ2) is 40.1. The number of hydrogen-bond acceptors (Lipinski definition) is 10. The van der Waals surface area contributed by atoms with Crippen LogP contribution in [-0.4, -0.2) is 60.7 Å². The number of phosphoric ester groups is 1. The molecule has 0 radical (unpaired) electrons. The van der Waals surface area contributed by atoms with Gasteiger partial charge in [0.05, 0.1) is 13.2 Å². The van der Waals surface area contributed by atoms with Gasteiger partial charge < -0.3 is 20.1 Å². The summed E-state index contributed by atoms with van der Waals surface area (Å²) in [6, 6.07) is 0. The minimum atomic E-state index is -4.41. The summed E-state index contributed by atoms with van der Waals surface area (Å²) in [7, 11) is -4.41. The monoisotopic (exact) mass is 800 g/mol. The van der Waals surface area contributed by atoms with E-state index in [9.17, 15) is 19.0 Å². The van der Waals surface area contributed by atoms with Gasteiger partial charge in [-0.3, -0.25) is 23.9 Å². The van der Waals surface area contributed by atoms with Gasteiger partial charge in [-0.25, -0.2) is 9.45 Å². The smallest absolute Gasteiger partial charge is 0.462 e. The maximum absolute atomic E-state index is 12.6. The molecule has 0 aliphatic carbocycles. The van der Waals surface area contributed by atoms with Crippen molar-refractivity contribution in [3.63, 3.8) is 0 Å². The Labute approximate surface area is 334 Å². The van der Waals surface area contributed by atoms with Gasteiger partial charge in [0.15, 0.2) is 6.10 Å². The number of hydrogen-bond donors (Lipinski definition) is 3. The number of esters is 2. The highest BCUT2D eigenvalue weighted by molar-refractivity contribution is 7.47. The summed E-state index contributed by atoms with van der Waals surface area (Å²) < 4.78 is 32.7. The lowest BCUT2D eigenvalue weighted by molar-refractivity contribution is -0.267. The molecule has 11 nitrogen and oxygen atoms in total. The SMILES string of the molecule is CCCCCCCCCCCCCCCCCC(=O)OC[C@H](COP(=O)(O)OCCN)OC(=O)CCCC=CCC=CCC=CC=C[C@H](CCCCC)OO. The second-order valence-corrected chi connectivity index (χ2v) is 15.6. The molecule has 4 N–H and O–H groups in total. The average molecular weight is 800 g/mol. The van der Waals surface area contributed by atoms with Crippen LogP contribution in [0.2, 0.25) is 0 Å². The van der Waals surface area contributed by atoms with Crippen LogP contribution >= 0.6 is 7.82 Å². The predicted octanol–water partition coefficient (Wildman–Crippen LogP) is 11.4. The zero-order chi connectivity index (χ0) is 40.5. The normalized spacial score (nSPS) is 14.3. The molecule has 0 amide bonds. The third kappa shape index (κ3) is 38.5. The molecule has 0 rings (SSSR count). The highest BCUT2D eigenvalue weighted by Gasteiger charge is 2.26. The first-order chi connectivity index (χ1) is 26.8. The molecule has 0 saturated carbocycles. The molecular formula is C43H78NO10P. The van der Waals surface area contributed by atoms with E-state index in [1.807, 2.05) is 36.5 Å². The summed E-state index contributed by atoms with van der Waals surface area (Å²) in [5.74, 6) is -0.927. The Kier molecular flexibility index (Phi) is 38.6. The van der Waals surface area contributed by atoms with E-state index in [1.165, 1.54) is 77.0 Å². The summed E-state index contributed by atoms with van der Waals surface area (Å²) in [4.78, 5) is 39.3. The number of allylic oxidation sites excluding steroid dienone is 7. The Hall–Kier alpha value is -2.11. The van der Waals surface area contributed by atoms with Crippen molar-refractivity contribution >= 4 is 19.8 Å². The number of ether oxygens (including phenoxy) is 2. The number of carbonyl (C=O) groups excluding carboxylic acids is 2. The maximum Gasteiger partial charge on any atom is 0.472 e. The van der Waals surface area contributed by atoms with Crippen molar-refractivity contribution in [2.45, 2.75) is 187 Å². The van der Waals surface area contributed by atoms with E-state index >= 15 is 0 Å². The zero-order valence-corrected chi connectivity index (χ0v) is 35.4. The molecule has 0 aromatic heterocycles. The van der Waals surface area contributed by atoms with Crippen molar-refractivity contribution in [3.05, 3.63) is 48.6 Å². The number of carbonyl (C=O) groups is 2. The Bertz CT molecular complexity index is 1060. The van der Waals surface area contributed by atoms with Crippen molar-refractivity contribution in [2.75, 3.05) is 26.4 Å². The third-order valence-corrected chi connectivity index (χ3v) is 9.92. The van der Waals surface area contributed by atoms with Gasteiger partial charge in [-0.2, -0.15) is 0 Å². The molecule has 0 saturated heterocycles. The molecule has 0 aromatic carbocycles. The van der Waals surface area contributed by atoms with Gasteiger partial charge in [0, 0.05) is 19.4 Å². The van der Waals surface area contributed by atoms with Crippen molar-refractivity contribution in [3.8, 4) is 0 Å². The molecule has 3 atom stereocenters. The van der Waals surface area contributed by atoms with E-state index in [-0.39, 0.29) is 38.7 Å². The van der Waals surface area contributed by atoms with Gasteiger partial charge in [-0.1, -0.05) is 172 Å². The van der Waals surface area contributed by atoms with Crippen LogP contribution in [0.15, 0.2) is 48.6 Å². The molecule has 0 heterocycles. The van der Waals surface area contributed by atoms with Crippen LogP contribution in [0.4, 0.5) is 0 Å². The first-order valence-corrected chi connectivity index (χ1v) is 22.9. The van der Waals surface area contributed by atoms with Crippen LogP contribution in [0.25, 0.3) is 0 Å². The third-order valence-electron chi connectivity index (χ3n) is 8.94. The van der Waals surface area contributed by atoms with E-state index in [0.717, 1.165) is 57.8 Å². The van der Waals surface area contributed by atoms with E-state index in [1.54, 1.807) is 0 Å². The topological polar surface area (TPSA) is 164 Å². The fourth-order valence-electron chi connectivity index (χ4n) is 5.70. The lowest BCUT2D eigenvalue weighted by Crippen LogP contribution is -2.29. The fourth-order valence-corrected chi connectivity index (χ4v) is 6.46. The zero-order valence-electron chi connectivity index (χ0n) is 34.5. The van der Waals surface area contributed by atoms with Crippen molar-refractivity contribution < 1.29 is 47.7 Å². The number of unbranched alkanes of at least 4 members (excludes halogenated alkanes) is 17. The molecule has 0 aliphatic heterocycles. The minimum absolute atomic E-state index is 0.0338. The lowest BCUT2D eigenvalue weighted by Gasteiger charge is -2.19. The summed E-state index contributed by atoms with van der Waals surface area (Å²) in [5.41, 5.74) is 5.34. The van der Waals surface area contributed by atoms with Crippen LogP contribution in [-0.2, 0) is 37.6 Å². The van der Waals surface area contributed by atoms with Crippen LogP contribution in [0.1, 0.15) is 174 Å².